The van der Waals surface area contributed by atoms with Crippen LogP contribution in [0.3, 0.4) is 0 Å². The highest BCUT2D eigenvalue weighted by Gasteiger charge is 2.35. The number of methoxy groups -OCH3 is 1. The molecule has 0 fully saturated rings. The molecule has 0 saturated heterocycles. The second kappa shape index (κ2) is 10.2. The number of aromatic nitrogens is 7. The highest BCUT2D eigenvalue weighted by molar-refractivity contribution is 7.91. The summed E-state index contributed by atoms with van der Waals surface area (Å²) in [4.78, 5) is 12.8. The molecule has 13 heteroatoms. The lowest BCUT2D eigenvalue weighted by molar-refractivity contribution is 0.0948. The maximum Gasteiger partial charge on any atom is 0.183 e. The Morgan fingerprint density at radius 1 is 1.14 bits per heavy atom. The van der Waals surface area contributed by atoms with Gasteiger partial charge in [0.05, 0.1) is 22.5 Å². The van der Waals surface area contributed by atoms with E-state index in [0.29, 0.717) is 22.3 Å². The second-order valence-corrected chi connectivity index (χ2v) is 10.8. The molecule has 4 rings (SSSR count). The van der Waals surface area contributed by atoms with Gasteiger partial charge >= 0.3 is 0 Å². The fourth-order valence-electron chi connectivity index (χ4n) is 3.72. The van der Waals surface area contributed by atoms with E-state index in [2.05, 4.69) is 30.3 Å². The predicted molar refractivity (Wildman–Crippen MR) is 127 cm³/mol. The van der Waals surface area contributed by atoms with Crippen LogP contribution in [-0.4, -0.2) is 55.7 Å². The van der Waals surface area contributed by atoms with Crippen LogP contribution in [-0.2, 0) is 20.3 Å². The Morgan fingerprint density at radius 3 is 2.51 bits per heavy atom. The van der Waals surface area contributed by atoms with E-state index in [9.17, 15) is 8.42 Å². The number of ether oxygens (including phenoxy) is 1. The van der Waals surface area contributed by atoms with E-state index in [1.54, 1.807) is 23.6 Å². The van der Waals surface area contributed by atoms with Gasteiger partial charge in [0.25, 0.3) is 0 Å². The van der Waals surface area contributed by atoms with Gasteiger partial charge in [-0.15, -0.1) is 10.2 Å². The second-order valence-electron chi connectivity index (χ2n) is 7.99. The van der Waals surface area contributed by atoms with Gasteiger partial charge in [-0.05, 0) is 32.9 Å². The van der Waals surface area contributed by atoms with Gasteiger partial charge in [-0.25, -0.2) is 23.4 Å². The molecule has 0 saturated carbocycles. The minimum Gasteiger partial charge on any atom is -0.372 e. The molecule has 0 radical (unpaired) electrons. The standard InChI is InChI=1S/C22H24ClN7O4S/c1-13-6-5-7-17(27-13)22-29-28-19(30(22)14(2)18-8-9-26-34-18)12-35(31,32)15(3)20(33-4)21-24-10-16(23)11-25-21/h5-11,14-15,20H,12H2,1-4H3/t14-,15+,20+/m1/s1. The zero-order valence-corrected chi connectivity index (χ0v) is 21.1. The van der Waals surface area contributed by atoms with Gasteiger partial charge in [-0.3, -0.25) is 4.57 Å². The third-order valence-electron chi connectivity index (χ3n) is 5.61. The summed E-state index contributed by atoms with van der Waals surface area (Å²) in [6.07, 6.45) is 3.41. The molecule has 0 spiro atoms. The lowest BCUT2D eigenvalue weighted by Gasteiger charge is -2.22. The number of rotatable bonds is 9. The maximum atomic E-state index is 13.5. The van der Waals surface area contributed by atoms with Crippen molar-refractivity contribution in [2.24, 2.45) is 0 Å². The van der Waals surface area contributed by atoms with Crippen LogP contribution in [0.15, 0.2) is 47.4 Å². The Hall–Kier alpha value is -3.22. The Kier molecular flexibility index (Phi) is 7.24. The molecular weight excluding hydrogens is 494 g/mol. The van der Waals surface area contributed by atoms with Gasteiger partial charge in [0.1, 0.15) is 23.4 Å². The summed E-state index contributed by atoms with van der Waals surface area (Å²) in [5.41, 5.74) is 1.35. The monoisotopic (exact) mass is 517 g/mol. The van der Waals surface area contributed by atoms with Crippen molar-refractivity contribution in [1.29, 1.82) is 0 Å². The average Bonchev–Trinajstić information content (AvgIpc) is 3.50. The van der Waals surface area contributed by atoms with Crippen molar-refractivity contribution in [1.82, 2.24) is 34.9 Å². The number of nitrogens with zero attached hydrogens (tertiary/aromatic N) is 7. The van der Waals surface area contributed by atoms with E-state index in [1.165, 1.54) is 25.7 Å². The van der Waals surface area contributed by atoms with Crippen molar-refractivity contribution in [3.8, 4) is 11.5 Å². The number of aryl methyl sites for hydroxylation is 1. The molecule has 184 valence electrons. The van der Waals surface area contributed by atoms with Crippen LogP contribution in [0, 0.1) is 6.92 Å². The Bertz CT molecular complexity index is 1390. The zero-order chi connectivity index (χ0) is 25.2. The minimum absolute atomic E-state index is 0.217. The Labute approximate surface area is 207 Å². The smallest absolute Gasteiger partial charge is 0.183 e. The highest BCUT2D eigenvalue weighted by Crippen LogP contribution is 2.30. The Morgan fingerprint density at radius 2 is 1.89 bits per heavy atom. The highest BCUT2D eigenvalue weighted by atomic mass is 35.5. The first-order chi connectivity index (χ1) is 16.7. The molecule has 0 amide bonds. The molecular formula is C22H24ClN7O4S. The predicted octanol–water partition coefficient (Wildman–Crippen LogP) is 3.38. The van der Waals surface area contributed by atoms with Crippen molar-refractivity contribution in [3.05, 3.63) is 71.0 Å². The van der Waals surface area contributed by atoms with Gasteiger partial charge in [-0.1, -0.05) is 22.8 Å². The number of pyridine rings is 1. The third-order valence-corrected chi connectivity index (χ3v) is 7.85. The first-order valence-corrected chi connectivity index (χ1v) is 12.8. The normalized spacial score (nSPS) is 14.5. The fraction of sp³-hybridized carbons (Fsp3) is 0.364. The molecule has 0 aliphatic carbocycles. The summed E-state index contributed by atoms with van der Waals surface area (Å²) in [6.45, 7) is 5.26. The number of hydrogen-bond acceptors (Lipinski definition) is 10. The van der Waals surface area contributed by atoms with Crippen molar-refractivity contribution in [2.75, 3.05) is 7.11 Å². The van der Waals surface area contributed by atoms with Crippen LogP contribution in [0.2, 0.25) is 5.02 Å². The Balaban J connectivity index is 1.73. The minimum atomic E-state index is -3.81. The number of halogens is 1. The van der Waals surface area contributed by atoms with Gasteiger partial charge in [0.2, 0.25) is 0 Å². The largest absolute Gasteiger partial charge is 0.372 e. The van der Waals surface area contributed by atoms with Crippen molar-refractivity contribution in [2.45, 2.75) is 43.9 Å². The topological polar surface area (TPSA) is 139 Å². The molecule has 4 aromatic heterocycles. The van der Waals surface area contributed by atoms with Crippen LogP contribution in [0.5, 0.6) is 0 Å². The first kappa shape index (κ1) is 24.9. The molecule has 0 N–H and O–H groups in total. The summed E-state index contributed by atoms with van der Waals surface area (Å²) in [5.74, 6) is 0.980. The summed E-state index contributed by atoms with van der Waals surface area (Å²) in [5, 5.41) is 11.6. The van der Waals surface area contributed by atoms with E-state index in [0.717, 1.165) is 5.69 Å². The van der Waals surface area contributed by atoms with Crippen LogP contribution < -0.4 is 0 Å². The van der Waals surface area contributed by atoms with E-state index in [4.69, 9.17) is 20.9 Å². The molecule has 0 bridgehead atoms. The third kappa shape index (κ3) is 5.24. The molecule has 35 heavy (non-hydrogen) atoms. The molecule has 0 unspecified atom stereocenters. The number of sulfone groups is 1. The van der Waals surface area contributed by atoms with Crippen molar-refractivity contribution < 1.29 is 17.7 Å². The van der Waals surface area contributed by atoms with Gasteiger partial charge in [-0.2, -0.15) is 0 Å². The van der Waals surface area contributed by atoms with Crippen LogP contribution in [0.25, 0.3) is 11.5 Å². The molecule has 3 atom stereocenters. The SMILES string of the molecule is CO[C@H](c1ncc(Cl)cn1)[C@H](C)S(=O)(=O)Cc1nnc(-c2cccc(C)n2)n1[C@H](C)c1ccno1. The van der Waals surface area contributed by atoms with E-state index >= 15 is 0 Å². The quantitative estimate of drug-likeness (QED) is 0.324. The molecule has 4 aromatic rings. The summed E-state index contributed by atoms with van der Waals surface area (Å²) in [6, 6.07) is 6.77. The molecule has 4 heterocycles. The van der Waals surface area contributed by atoms with Crippen molar-refractivity contribution in [3.63, 3.8) is 0 Å². The van der Waals surface area contributed by atoms with Crippen LogP contribution in [0.4, 0.5) is 0 Å². The summed E-state index contributed by atoms with van der Waals surface area (Å²) < 4.78 is 39.5. The molecule has 11 nitrogen and oxygen atoms in total. The van der Waals surface area contributed by atoms with Crippen molar-refractivity contribution >= 4 is 21.4 Å². The molecule has 0 aliphatic heterocycles. The lowest BCUT2D eigenvalue weighted by atomic mass is 10.2. The van der Waals surface area contributed by atoms with Gasteiger partial charge in [0.15, 0.2) is 27.2 Å². The summed E-state index contributed by atoms with van der Waals surface area (Å²) >= 11 is 5.87. The van der Waals surface area contributed by atoms with Gasteiger partial charge < -0.3 is 9.26 Å². The maximum absolute atomic E-state index is 13.5. The first-order valence-electron chi connectivity index (χ1n) is 10.7. The number of hydrogen-bond donors (Lipinski definition) is 0. The van der Waals surface area contributed by atoms with E-state index in [-0.39, 0.29) is 11.6 Å². The van der Waals surface area contributed by atoms with Crippen LogP contribution >= 0.6 is 11.6 Å². The van der Waals surface area contributed by atoms with Gasteiger partial charge in [0, 0.05) is 31.3 Å². The molecule has 0 aliphatic rings. The van der Waals surface area contributed by atoms with E-state index in [1.807, 2.05) is 26.0 Å². The fourth-order valence-corrected chi connectivity index (χ4v) is 5.24. The van der Waals surface area contributed by atoms with Crippen LogP contribution in [0.1, 0.15) is 49.1 Å². The zero-order valence-electron chi connectivity index (χ0n) is 19.5. The van der Waals surface area contributed by atoms with E-state index < -0.39 is 33.0 Å². The lowest BCUT2D eigenvalue weighted by Crippen LogP contribution is -2.30. The summed E-state index contributed by atoms with van der Waals surface area (Å²) in [7, 11) is -2.41. The average molecular weight is 518 g/mol. The molecule has 0 aromatic carbocycles.